The fraction of sp³-hybridized carbons (Fsp3) is 0.0833. The maximum atomic E-state index is 13.0. The van der Waals surface area contributed by atoms with Crippen LogP contribution in [-0.2, 0) is 0 Å². The van der Waals surface area contributed by atoms with Gasteiger partial charge in [-0.15, -0.1) is 10.2 Å². The molecule has 4 aromatic rings. The Morgan fingerprint density at radius 1 is 0.611 bits per heavy atom. The molecular formula is C24H14Cl4N2O6. The van der Waals surface area contributed by atoms with E-state index in [1.807, 2.05) is 0 Å². The van der Waals surface area contributed by atoms with Gasteiger partial charge in [0.15, 0.2) is 11.5 Å². The molecule has 0 aliphatic rings. The predicted octanol–water partition coefficient (Wildman–Crippen LogP) is 6.70. The van der Waals surface area contributed by atoms with Crippen LogP contribution in [0.15, 0.2) is 48.5 Å². The van der Waals surface area contributed by atoms with Gasteiger partial charge in [-0.05, 0) is 36.4 Å². The molecule has 0 amide bonds. The van der Waals surface area contributed by atoms with E-state index in [1.54, 1.807) is 24.3 Å². The number of benzene rings is 3. The lowest BCUT2D eigenvalue weighted by molar-refractivity contribution is 0.0705. The summed E-state index contributed by atoms with van der Waals surface area (Å²) in [5.74, 6) is -1.98. The standard InChI is InChI=1S/C24H14Cl4N2O6/c1-33-19-15(27)9-7-13(25)17(19)23(31)35-21-11-5-3-4-6-12(11)22(30-29-21)36-24(32)18-14(26)8-10-16(28)20(18)34-2/h3-10H,1-2H3. The molecule has 4 rings (SSSR count). The van der Waals surface area contributed by atoms with E-state index >= 15 is 0 Å². The normalized spacial score (nSPS) is 10.7. The van der Waals surface area contributed by atoms with Crippen LogP contribution in [0.4, 0.5) is 0 Å². The summed E-state index contributed by atoms with van der Waals surface area (Å²) in [4.78, 5) is 25.9. The third-order valence-corrected chi connectivity index (χ3v) is 6.16. The number of hydrogen-bond donors (Lipinski definition) is 0. The molecule has 0 spiro atoms. The van der Waals surface area contributed by atoms with Crippen molar-refractivity contribution in [1.82, 2.24) is 10.2 Å². The highest BCUT2D eigenvalue weighted by Crippen LogP contribution is 2.37. The van der Waals surface area contributed by atoms with Gasteiger partial charge in [0, 0.05) is 0 Å². The lowest BCUT2D eigenvalue weighted by Gasteiger charge is -2.13. The van der Waals surface area contributed by atoms with Crippen molar-refractivity contribution in [2.45, 2.75) is 0 Å². The Bertz CT molecular complexity index is 1400. The average Bonchev–Trinajstić information content (AvgIpc) is 2.87. The number of aromatic nitrogens is 2. The molecule has 0 aliphatic carbocycles. The van der Waals surface area contributed by atoms with Crippen LogP contribution in [0.25, 0.3) is 10.8 Å². The molecule has 1 aromatic heterocycles. The van der Waals surface area contributed by atoms with Crippen LogP contribution in [-0.4, -0.2) is 36.4 Å². The number of hydrogen-bond acceptors (Lipinski definition) is 8. The fourth-order valence-electron chi connectivity index (χ4n) is 3.33. The van der Waals surface area contributed by atoms with Gasteiger partial charge >= 0.3 is 11.9 Å². The third-order valence-electron chi connectivity index (χ3n) is 4.93. The predicted molar refractivity (Wildman–Crippen MR) is 135 cm³/mol. The second kappa shape index (κ2) is 10.8. The van der Waals surface area contributed by atoms with Crippen molar-refractivity contribution in [3.05, 3.63) is 79.7 Å². The van der Waals surface area contributed by atoms with Gasteiger partial charge in [0.25, 0.3) is 11.8 Å². The maximum Gasteiger partial charge on any atom is 0.350 e. The summed E-state index contributed by atoms with van der Waals surface area (Å²) in [6.45, 7) is 0. The Kier molecular flexibility index (Phi) is 7.70. The van der Waals surface area contributed by atoms with Crippen LogP contribution >= 0.6 is 46.4 Å². The SMILES string of the molecule is COc1c(Cl)ccc(Cl)c1C(=O)Oc1nnc(OC(=O)c2c(Cl)ccc(Cl)c2OC)c2ccccc12. The molecule has 184 valence electrons. The first-order valence-corrected chi connectivity index (χ1v) is 11.5. The Morgan fingerprint density at radius 3 is 1.33 bits per heavy atom. The molecule has 0 saturated heterocycles. The maximum absolute atomic E-state index is 13.0. The first-order valence-electron chi connectivity index (χ1n) is 10.0. The molecular weight excluding hydrogens is 554 g/mol. The molecule has 0 bridgehead atoms. The summed E-state index contributed by atoms with van der Waals surface area (Å²) in [6, 6.07) is 12.4. The number of fused-ring (bicyclic) bond motifs is 1. The average molecular weight is 568 g/mol. The lowest BCUT2D eigenvalue weighted by Crippen LogP contribution is -2.15. The zero-order valence-electron chi connectivity index (χ0n) is 18.5. The van der Waals surface area contributed by atoms with Crippen LogP contribution < -0.4 is 18.9 Å². The molecule has 0 unspecified atom stereocenters. The van der Waals surface area contributed by atoms with E-state index in [-0.39, 0.29) is 54.5 Å². The Hall–Kier alpha value is -3.30. The van der Waals surface area contributed by atoms with Crippen molar-refractivity contribution in [2.24, 2.45) is 0 Å². The van der Waals surface area contributed by atoms with E-state index < -0.39 is 11.9 Å². The van der Waals surface area contributed by atoms with Crippen molar-refractivity contribution in [3.8, 4) is 23.3 Å². The van der Waals surface area contributed by atoms with Gasteiger partial charge in [-0.3, -0.25) is 0 Å². The number of methoxy groups -OCH3 is 2. The summed E-state index contributed by atoms with van der Waals surface area (Å²) >= 11 is 24.6. The van der Waals surface area contributed by atoms with Crippen LogP contribution in [0.1, 0.15) is 20.7 Å². The molecule has 0 atom stereocenters. The first kappa shape index (κ1) is 25.8. The first-order chi connectivity index (χ1) is 17.3. The van der Waals surface area contributed by atoms with Gasteiger partial charge in [-0.2, -0.15) is 0 Å². The number of halogens is 4. The molecule has 8 nitrogen and oxygen atoms in total. The van der Waals surface area contributed by atoms with Crippen LogP contribution in [0.2, 0.25) is 20.1 Å². The smallest absolute Gasteiger partial charge is 0.350 e. The molecule has 1 heterocycles. The summed E-state index contributed by atoms with van der Waals surface area (Å²) in [5, 5.41) is 8.98. The zero-order valence-corrected chi connectivity index (χ0v) is 21.5. The summed E-state index contributed by atoms with van der Waals surface area (Å²) in [7, 11) is 2.68. The van der Waals surface area contributed by atoms with E-state index in [4.69, 9.17) is 65.4 Å². The molecule has 0 N–H and O–H groups in total. The van der Waals surface area contributed by atoms with E-state index in [2.05, 4.69) is 10.2 Å². The summed E-state index contributed by atoms with van der Waals surface area (Å²) < 4.78 is 21.4. The number of nitrogens with zero attached hydrogens (tertiary/aromatic N) is 2. The zero-order chi connectivity index (χ0) is 26.0. The topological polar surface area (TPSA) is 96.8 Å². The van der Waals surface area contributed by atoms with Crippen molar-refractivity contribution in [2.75, 3.05) is 14.2 Å². The summed E-state index contributed by atoms with van der Waals surface area (Å²) in [5.41, 5.74) is -0.175. The minimum Gasteiger partial charge on any atom is -0.494 e. The number of carbonyl (C=O) groups is 2. The second-order valence-corrected chi connectivity index (χ2v) is 8.64. The molecule has 3 aromatic carbocycles. The molecule has 0 saturated carbocycles. The lowest BCUT2D eigenvalue weighted by atomic mass is 10.1. The number of ether oxygens (including phenoxy) is 4. The molecule has 0 radical (unpaired) electrons. The van der Waals surface area contributed by atoms with Crippen LogP contribution in [0, 0.1) is 0 Å². The second-order valence-electron chi connectivity index (χ2n) is 7.01. The van der Waals surface area contributed by atoms with E-state index in [0.29, 0.717) is 10.8 Å². The van der Waals surface area contributed by atoms with Crippen molar-refractivity contribution in [3.63, 3.8) is 0 Å². The number of rotatable bonds is 6. The largest absolute Gasteiger partial charge is 0.494 e. The Morgan fingerprint density at radius 2 is 0.972 bits per heavy atom. The Balaban J connectivity index is 1.71. The quantitative estimate of drug-likeness (QED) is 0.237. The Labute approximate surface area is 224 Å². The minimum absolute atomic E-state index is 0.0457. The summed E-state index contributed by atoms with van der Waals surface area (Å²) in [6.07, 6.45) is 0. The number of carbonyl (C=O) groups excluding carboxylic acids is 2. The third kappa shape index (κ3) is 4.85. The molecule has 36 heavy (non-hydrogen) atoms. The highest BCUT2D eigenvalue weighted by atomic mass is 35.5. The highest BCUT2D eigenvalue weighted by molar-refractivity contribution is 6.37. The number of esters is 2. The van der Waals surface area contributed by atoms with E-state index in [0.717, 1.165) is 0 Å². The van der Waals surface area contributed by atoms with Gasteiger partial charge < -0.3 is 18.9 Å². The van der Waals surface area contributed by atoms with Gasteiger partial charge in [-0.1, -0.05) is 58.5 Å². The van der Waals surface area contributed by atoms with Gasteiger partial charge in [0.05, 0.1) is 45.1 Å². The highest BCUT2D eigenvalue weighted by Gasteiger charge is 2.26. The van der Waals surface area contributed by atoms with Gasteiger partial charge in [0.1, 0.15) is 11.1 Å². The fourth-order valence-corrected chi connectivity index (χ4v) is 4.25. The van der Waals surface area contributed by atoms with Crippen molar-refractivity contribution >= 4 is 69.1 Å². The van der Waals surface area contributed by atoms with Crippen LogP contribution in [0.3, 0.4) is 0 Å². The monoisotopic (exact) mass is 566 g/mol. The molecule has 0 aliphatic heterocycles. The van der Waals surface area contributed by atoms with E-state index in [1.165, 1.54) is 38.5 Å². The van der Waals surface area contributed by atoms with Gasteiger partial charge in [0.2, 0.25) is 0 Å². The van der Waals surface area contributed by atoms with E-state index in [9.17, 15) is 9.59 Å². The van der Waals surface area contributed by atoms with Crippen molar-refractivity contribution < 1.29 is 28.5 Å². The van der Waals surface area contributed by atoms with Gasteiger partial charge in [-0.25, -0.2) is 9.59 Å². The van der Waals surface area contributed by atoms with Crippen molar-refractivity contribution in [1.29, 1.82) is 0 Å². The molecule has 0 fully saturated rings. The molecule has 12 heteroatoms. The van der Waals surface area contributed by atoms with Crippen LogP contribution in [0.5, 0.6) is 23.3 Å². The minimum atomic E-state index is -0.876.